The fourth-order valence-corrected chi connectivity index (χ4v) is 4.42. The van der Waals surface area contributed by atoms with Crippen molar-refractivity contribution in [3.05, 3.63) is 30.1 Å². The first-order valence-corrected chi connectivity index (χ1v) is 11.9. The number of likely N-dealkylation sites (tertiary alicyclic amines) is 1. The highest BCUT2D eigenvalue weighted by molar-refractivity contribution is 6.00. The van der Waals surface area contributed by atoms with Crippen molar-refractivity contribution in [2.75, 3.05) is 13.1 Å². The van der Waals surface area contributed by atoms with E-state index in [1.54, 1.807) is 20.8 Å². The van der Waals surface area contributed by atoms with Crippen LogP contribution in [0.3, 0.4) is 0 Å². The summed E-state index contributed by atoms with van der Waals surface area (Å²) in [7, 11) is 0. The molecule has 34 heavy (non-hydrogen) atoms. The van der Waals surface area contributed by atoms with E-state index in [1.807, 2.05) is 49.6 Å². The number of carboxylic acid groups (broad SMARTS) is 1. The number of aromatic nitrogens is 2. The summed E-state index contributed by atoms with van der Waals surface area (Å²) in [6, 6.07) is 6.67. The van der Waals surface area contributed by atoms with Crippen LogP contribution in [0.1, 0.15) is 58.6 Å². The zero-order valence-electron chi connectivity index (χ0n) is 20.9. The summed E-state index contributed by atoms with van der Waals surface area (Å²) in [4.78, 5) is 44.2. The van der Waals surface area contributed by atoms with E-state index in [2.05, 4.69) is 10.3 Å². The van der Waals surface area contributed by atoms with Crippen molar-refractivity contribution >= 4 is 28.9 Å². The Morgan fingerprint density at radius 2 is 1.88 bits per heavy atom. The number of nitrogens with one attached hydrogen (secondary N) is 1. The number of rotatable bonds is 7. The van der Waals surface area contributed by atoms with E-state index in [-0.39, 0.29) is 30.8 Å². The number of benzene rings is 1. The fraction of sp³-hybridized carbons (Fsp3) is 0.600. The minimum Gasteiger partial charge on any atom is -0.481 e. The van der Waals surface area contributed by atoms with E-state index in [1.165, 1.54) is 4.90 Å². The Hall–Kier alpha value is -2.94. The summed E-state index contributed by atoms with van der Waals surface area (Å²) < 4.78 is 7.38. The van der Waals surface area contributed by atoms with Crippen molar-refractivity contribution in [2.45, 2.75) is 72.2 Å². The number of hydrogen-bond acceptors (Lipinski definition) is 6. The number of imidazole rings is 1. The van der Waals surface area contributed by atoms with Gasteiger partial charge in [0.2, 0.25) is 5.78 Å². The lowest BCUT2D eigenvalue weighted by Crippen LogP contribution is -2.57. The molecule has 0 bridgehead atoms. The van der Waals surface area contributed by atoms with Gasteiger partial charge in [0.05, 0.1) is 23.0 Å². The molecule has 0 radical (unpaired) electrons. The first-order valence-electron chi connectivity index (χ1n) is 11.9. The Morgan fingerprint density at radius 1 is 1.21 bits per heavy atom. The Kier molecular flexibility index (Phi) is 7.65. The number of ketones is 1. The van der Waals surface area contributed by atoms with Gasteiger partial charge in [0.25, 0.3) is 0 Å². The summed E-state index contributed by atoms with van der Waals surface area (Å²) in [6.07, 6.45) is -0.236. The SMILES string of the molecule is CCn1c(C(=O)C(NC2CC(C(=O)O)CN(C(=O)OC(C)(C)C)C2)C(C)C)nc2ccccc21. The molecule has 0 spiro atoms. The second-order valence-corrected chi connectivity index (χ2v) is 10.3. The van der Waals surface area contributed by atoms with Crippen LogP contribution in [-0.4, -0.2) is 68.2 Å². The van der Waals surface area contributed by atoms with Gasteiger partial charge < -0.3 is 24.6 Å². The third-order valence-corrected chi connectivity index (χ3v) is 6.01. The molecule has 186 valence electrons. The van der Waals surface area contributed by atoms with Gasteiger partial charge >= 0.3 is 12.1 Å². The van der Waals surface area contributed by atoms with Gasteiger partial charge in [-0.05, 0) is 52.2 Å². The quantitative estimate of drug-likeness (QED) is 0.592. The molecule has 2 heterocycles. The van der Waals surface area contributed by atoms with Crippen molar-refractivity contribution < 1.29 is 24.2 Å². The first-order chi connectivity index (χ1) is 15.9. The van der Waals surface area contributed by atoms with Crippen LogP contribution in [0.25, 0.3) is 11.0 Å². The number of nitrogens with zero attached hydrogens (tertiary/aromatic N) is 3. The number of aliphatic carboxylic acids is 1. The van der Waals surface area contributed by atoms with Crippen molar-refractivity contribution in [3.63, 3.8) is 0 Å². The Morgan fingerprint density at radius 3 is 2.47 bits per heavy atom. The average Bonchev–Trinajstić information content (AvgIpc) is 3.14. The molecule has 2 aromatic rings. The number of carboxylic acids is 1. The number of amides is 1. The van der Waals surface area contributed by atoms with Gasteiger partial charge in [-0.1, -0.05) is 26.0 Å². The largest absolute Gasteiger partial charge is 0.481 e. The second kappa shape index (κ2) is 10.1. The predicted molar refractivity (Wildman–Crippen MR) is 129 cm³/mol. The molecule has 1 saturated heterocycles. The van der Waals surface area contributed by atoms with Gasteiger partial charge in [0.15, 0.2) is 5.82 Å². The van der Waals surface area contributed by atoms with E-state index in [0.29, 0.717) is 18.8 Å². The van der Waals surface area contributed by atoms with Gasteiger partial charge in [-0.25, -0.2) is 9.78 Å². The molecule has 3 unspecified atom stereocenters. The molecule has 2 N–H and O–H groups in total. The van der Waals surface area contributed by atoms with Crippen LogP contribution in [0.5, 0.6) is 0 Å². The Labute approximate surface area is 200 Å². The van der Waals surface area contributed by atoms with Gasteiger partial charge in [0, 0.05) is 25.7 Å². The van der Waals surface area contributed by atoms with Crippen LogP contribution in [-0.2, 0) is 16.1 Å². The standard InChI is InChI=1S/C25H36N4O5/c1-7-29-19-11-9-8-10-18(19)27-22(29)21(30)20(15(2)3)26-17-12-16(23(31)32)13-28(14-17)24(33)34-25(4,5)6/h8-11,15-17,20,26H,7,12-14H2,1-6H3,(H,31,32). The molecule has 1 aliphatic heterocycles. The van der Waals surface area contributed by atoms with E-state index in [9.17, 15) is 19.5 Å². The lowest BCUT2D eigenvalue weighted by atomic mass is 9.91. The highest BCUT2D eigenvalue weighted by Crippen LogP contribution is 2.23. The van der Waals surface area contributed by atoms with Crippen molar-refractivity contribution in [1.29, 1.82) is 0 Å². The maximum atomic E-state index is 13.7. The van der Waals surface area contributed by atoms with Crippen LogP contribution < -0.4 is 5.32 Å². The van der Waals surface area contributed by atoms with E-state index >= 15 is 0 Å². The number of ether oxygens (including phenoxy) is 1. The summed E-state index contributed by atoms with van der Waals surface area (Å²) in [5.74, 6) is -1.56. The molecule has 3 rings (SSSR count). The molecule has 1 amide bonds. The molecule has 1 aromatic heterocycles. The maximum Gasteiger partial charge on any atom is 0.410 e. The van der Waals surface area contributed by atoms with Gasteiger partial charge in [0.1, 0.15) is 5.60 Å². The normalized spacial score (nSPS) is 19.9. The number of hydrogen-bond donors (Lipinski definition) is 2. The molecule has 1 aliphatic rings. The lowest BCUT2D eigenvalue weighted by molar-refractivity contribution is -0.143. The van der Waals surface area contributed by atoms with Crippen molar-refractivity contribution in [1.82, 2.24) is 19.8 Å². The summed E-state index contributed by atoms with van der Waals surface area (Å²) in [6.45, 7) is 12.1. The molecule has 9 heteroatoms. The molecular weight excluding hydrogens is 436 g/mol. The molecule has 1 aromatic carbocycles. The Balaban J connectivity index is 1.85. The summed E-state index contributed by atoms with van der Waals surface area (Å²) in [5, 5.41) is 13.0. The topological polar surface area (TPSA) is 114 Å². The van der Waals surface area contributed by atoms with Gasteiger partial charge in [-0.15, -0.1) is 0 Å². The number of aryl methyl sites for hydroxylation is 1. The molecule has 1 fully saturated rings. The monoisotopic (exact) mass is 472 g/mol. The molecule has 9 nitrogen and oxygen atoms in total. The number of para-hydroxylation sites is 2. The van der Waals surface area contributed by atoms with E-state index < -0.39 is 29.6 Å². The zero-order chi connectivity index (χ0) is 25.2. The number of Topliss-reactive ketones (excluding diaryl/α,β-unsaturated/α-hetero) is 1. The van der Waals surface area contributed by atoms with Crippen LogP contribution in [0.4, 0.5) is 4.79 Å². The highest BCUT2D eigenvalue weighted by Gasteiger charge is 2.38. The van der Waals surface area contributed by atoms with E-state index in [0.717, 1.165) is 11.0 Å². The number of carbonyl (C=O) groups excluding carboxylic acids is 2. The van der Waals surface area contributed by atoms with Gasteiger partial charge in [-0.3, -0.25) is 9.59 Å². The van der Waals surface area contributed by atoms with Crippen LogP contribution in [0.15, 0.2) is 24.3 Å². The number of piperidine rings is 1. The molecular formula is C25H36N4O5. The highest BCUT2D eigenvalue weighted by atomic mass is 16.6. The summed E-state index contributed by atoms with van der Waals surface area (Å²) in [5.41, 5.74) is 0.969. The van der Waals surface area contributed by atoms with Crippen LogP contribution in [0.2, 0.25) is 0 Å². The molecule has 3 atom stereocenters. The first kappa shape index (κ1) is 25.7. The number of carbonyl (C=O) groups is 3. The van der Waals surface area contributed by atoms with Crippen LogP contribution in [0, 0.1) is 11.8 Å². The van der Waals surface area contributed by atoms with Gasteiger partial charge in [-0.2, -0.15) is 0 Å². The zero-order valence-corrected chi connectivity index (χ0v) is 20.9. The van der Waals surface area contributed by atoms with Crippen LogP contribution >= 0.6 is 0 Å². The lowest BCUT2D eigenvalue weighted by Gasteiger charge is -2.39. The fourth-order valence-electron chi connectivity index (χ4n) is 4.42. The predicted octanol–water partition coefficient (Wildman–Crippen LogP) is 3.56. The molecule has 0 aliphatic carbocycles. The van der Waals surface area contributed by atoms with Crippen molar-refractivity contribution in [3.8, 4) is 0 Å². The minimum atomic E-state index is -0.972. The summed E-state index contributed by atoms with van der Waals surface area (Å²) >= 11 is 0. The van der Waals surface area contributed by atoms with Crippen molar-refractivity contribution in [2.24, 2.45) is 11.8 Å². The smallest absolute Gasteiger partial charge is 0.410 e. The molecule has 0 saturated carbocycles. The van der Waals surface area contributed by atoms with E-state index in [4.69, 9.17) is 4.74 Å². The third-order valence-electron chi connectivity index (χ3n) is 6.01. The Bertz CT molecular complexity index is 1060. The maximum absolute atomic E-state index is 13.7. The third kappa shape index (κ3) is 5.75. The number of fused-ring (bicyclic) bond motifs is 1. The average molecular weight is 473 g/mol. The minimum absolute atomic E-state index is 0.0715. The second-order valence-electron chi connectivity index (χ2n) is 10.3.